The van der Waals surface area contributed by atoms with Crippen LogP contribution in [0.3, 0.4) is 0 Å². The molecule has 2 heterocycles. The molecule has 1 N–H and O–H groups in total. The number of hydrogen-bond donors (Lipinski definition) is 1. The monoisotopic (exact) mass is 226 g/mol. The standard InChI is InChI=1S/C13H26N2O/c1-3-12-4-6-15(7-5-12)8-9-16-13(2)10-14-11-13/h12,14H,3-11H2,1-2H3. The van der Waals surface area contributed by atoms with Gasteiger partial charge < -0.3 is 15.0 Å². The molecule has 94 valence electrons. The fraction of sp³-hybridized carbons (Fsp3) is 1.00. The zero-order valence-corrected chi connectivity index (χ0v) is 10.8. The number of hydrogen-bond acceptors (Lipinski definition) is 3. The van der Waals surface area contributed by atoms with Crippen molar-refractivity contribution in [2.75, 3.05) is 39.3 Å². The molecule has 0 aromatic carbocycles. The number of piperidine rings is 1. The molecule has 3 heteroatoms. The van der Waals surface area contributed by atoms with E-state index in [2.05, 4.69) is 24.1 Å². The predicted molar refractivity (Wildman–Crippen MR) is 66.7 cm³/mol. The number of nitrogens with zero attached hydrogens (tertiary/aromatic N) is 1. The summed E-state index contributed by atoms with van der Waals surface area (Å²) in [6, 6.07) is 0. The van der Waals surface area contributed by atoms with Gasteiger partial charge in [-0.2, -0.15) is 0 Å². The highest BCUT2D eigenvalue weighted by molar-refractivity contribution is 4.90. The predicted octanol–water partition coefficient (Wildman–Crippen LogP) is 1.49. The van der Waals surface area contributed by atoms with E-state index in [1.807, 2.05) is 0 Å². The fourth-order valence-electron chi connectivity index (χ4n) is 2.62. The second kappa shape index (κ2) is 5.48. The minimum absolute atomic E-state index is 0.127. The molecule has 0 unspecified atom stereocenters. The van der Waals surface area contributed by atoms with Gasteiger partial charge in [0.2, 0.25) is 0 Å². The Bertz CT molecular complexity index is 208. The van der Waals surface area contributed by atoms with Crippen LogP contribution in [0.2, 0.25) is 0 Å². The molecule has 0 aromatic heterocycles. The fourth-order valence-corrected chi connectivity index (χ4v) is 2.62. The van der Waals surface area contributed by atoms with E-state index in [-0.39, 0.29) is 5.60 Å². The van der Waals surface area contributed by atoms with Gasteiger partial charge in [-0.1, -0.05) is 13.3 Å². The van der Waals surface area contributed by atoms with E-state index in [1.165, 1.54) is 32.4 Å². The van der Waals surface area contributed by atoms with E-state index in [0.29, 0.717) is 0 Å². The lowest BCUT2D eigenvalue weighted by atomic mass is 9.94. The summed E-state index contributed by atoms with van der Waals surface area (Å²) in [7, 11) is 0. The normalized spacial score (nSPS) is 26.6. The zero-order chi connectivity index (χ0) is 11.4. The van der Waals surface area contributed by atoms with Gasteiger partial charge in [0.15, 0.2) is 0 Å². The third-order valence-corrected chi connectivity index (χ3v) is 4.14. The largest absolute Gasteiger partial charge is 0.371 e. The summed E-state index contributed by atoms with van der Waals surface area (Å²) in [6.07, 6.45) is 4.12. The maximum atomic E-state index is 5.92. The minimum Gasteiger partial charge on any atom is -0.371 e. The van der Waals surface area contributed by atoms with Crippen molar-refractivity contribution in [1.82, 2.24) is 10.2 Å². The van der Waals surface area contributed by atoms with Gasteiger partial charge in [0.05, 0.1) is 12.2 Å². The number of nitrogens with one attached hydrogen (secondary N) is 1. The van der Waals surface area contributed by atoms with Gasteiger partial charge in [0, 0.05) is 19.6 Å². The van der Waals surface area contributed by atoms with Gasteiger partial charge >= 0.3 is 0 Å². The van der Waals surface area contributed by atoms with Gasteiger partial charge in [0.25, 0.3) is 0 Å². The first kappa shape index (κ1) is 12.3. The first-order valence-electron chi connectivity index (χ1n) is 6.79. The lowest BCUT2D eigenvalue weighted by Crippen LogP contribution is -2.59. The van der Waals surface area contributed by atoms with E-state index >= 15 is 0 Å². The summed E-state index contributed by atoms with van der Waals surface area (Å²) >= 11 is 0. The highest BCUT2D eigenvalue weighted by Gasteiger charge is 2.32. The Labute approximate surface area is 99.5 Å². The summed E-state index contributed by atoms with van der Waals surface area (Å²) in [5.41, 5.74) is 0.127. The average Bonchev–Trinajstić information content (AvgIpc) is 2.28. The molecule has 0 aliphatic carbocycles. The smallest absolute Gasteiger partial charge is 0.0902 e. The summed E-state index contributed by atoms with van der Waals surface area (Å²) in [6.45, 7) is 11.1. The number of likely N-dealkylation sites (tertiary alicyclic amines) is 1. The van der Waals surface area contributed by atoms with Crippen LogP contribution in [0.5, 0.6) is 0 Å². The van der Waals surface area contributed by atoms with Crippen LogP contribution < -0.4 is 5.32 Å². The Morgan fingerprint density at radius 1 is 1.31 bits per heavy atom. The Kier molecular flexibility index (Phi) is 4.22. The van der Waals surface area contributed by atoms with Gasteiger partial charge in [-0.3, -0.25) is 0 Å². The Morgan fingerprint density at radius 2 is 2.00 bits per heavy atom. The molecule has 0 amide bonds. The molecular weight excluding hydrogens is 200 g/mol. The average molecular weight is 226 g/mol. The molecular formula is C13H26N2O. The molecule has 0 atom stereocenters. The van der Waals surface area contributed by atoms with Crippen LogP contribution in [0.4, 0.5) is 0 Å². The molecule has 0 saturated carbocycles. The minimum atomic E-state index is 0.127. The summed E-state index contributed by atoms with van der Waals surface area (Å²) in [4.78, 5) is 2.56. The van der Waals surface area contributed by atoms with E-state index in [4.69, 9.17) is 4.74 Å². The van der Waals surface area contributed by atoms with Crippen LogP contribution in [0.1, 0.15) is 33.1 Å². The Hall–Kier alpha value is -0.120. The van der Waals surface area contributed by atoms with Crippen molar-refractivity contribution in [2.24, 2.45) is 5.92 Å². The molecule has 2 fully saturated rings. The van der Waals surface area contributed by atoms with Crippen LogP contribution in [0, 0.1) is 5.92 Å². The summed E-state index contributed by atoms with van der Waals surface area (Å²) in [5.74, 6) is 0.977. The molecule has 2 saturated heterocycles. The third kappa shape index (κ3) is 3.19. The van der Waals surface area contributed by atoms with E-state index in [1.54, 1.807) is 0 Å². The first-order chi connectivity index (χ1) is 7.72. The summed E-state index contributed by atoms with van der Waals surface area (Å²) < 4.78 is 5.92. The van der Waals surface area contributed by atoms with Crippen molar-refractivity contribution >= 4 is 0 Å². The Balaban J connectivity index is 1.57. The van der Waals surface area contributed by atoms with Gasteiger partial charge in [-0.05, 0) is 38.8 Å². The van der Waals surface area contributed by atoms with Crippen molar-refractivity contribution in [3.8, 4) is 0 Å². The summed E-state index contributed by atoms with van der Waals surface area (Å²) in [5, 5.41) is 3.26. The maximum absolute atomic E-state index is 5.92. The van der Waals surface area contributed by atoms with Crippen LogP contribution in [0.25, 0.3) is 0 Å². The van der Waals surface area contributed by atoms with Crippen LogP contribution in [-0.2, 0) is 4.74 Å². The van der Waals surface area contributed by atoms with Crippen molar-refractivity contribution in [3.05, 3.63) is 0 Å². The molecule has 0 aromatic rings. The van der Waals surface area contributed by atoms with Crippen LogP contribution in [0.15, 0.2) is 0 Å². The van der Waals surface area contributed by atoms with Crippen molar-refractivity contribution in [1.29, 1.82) is 0 Å². The quantitative estimate of drug-likeness (QED) is 0.768. The molecule has 2 aliphatic rings. The van der Waals surface area contributed by atoms with E-state index < -0.39 is 0 Å². The highest BCUT2D eigenvalue weighted by Crippen LogP contribution is 2.20. The van der Waals surface area contributed by atoms with Crippen molar-refractivity contribution in [2.45, 2.75) is 38.7 Å². The van der Waals surface area contributed by atoms with Gasteiger partial charge in [0.1, 0.15) is 0 Å². The lowest BCUT2D eigenvalue weighted by Gasteiger charge is -2.40. The molecule has 0 bridgehead atoms. The molecule has 0 spiro atoms. The molecule has 0 radical (unpaired) electrons. The highest BCUT2D eigenvalue weighted by atomic mass is 16.5. The zero-order valence-electron chi connectivity index (χ0n) is 10.8. The second-order valence-electron chi connectivity index (χ2n) is 5.60. The van der Waals surface area contributed by atoms with Gasteiger partial charge in [-0.25, -0.2) is 0 Å². The van der Waals surface area contributed by atoms with Crippen molar-refractivity contribution < 1.29 is 4.74 Å². The lowest BCUT2D eigenvalue weighted by molar-refractivity contribution is -0.0735. The molecule has 2 aliphatic heterocycles. The van der Waals surface area contributed by atoms with E-state index in [0.717, 1.165) is 32.2 Å². The number of rotatable bonds is 5. The van der Waals surface area contributed by atoms with Crippen LogP contribution >= 0.6 is 0 Å². The molecule has 16 heavy (non-hydrogen) atoms. The third-order valence-electron chi connectivity index (χ3n) is 4.14. The van der Waals surface area contributed by atoms with E-state index in [9.17, 15) is 0 Å². The second-order valence-corrected chi connectivity index (χ2v) is 5.60. The van der Waals surface area contributed by atoms with Crippen LogP contribution in [-0.4, -0.2) is 49.8 Å². The van der Waals surface area contributed by atoms with Crippen molar-refractivity contribution in [3.63, 3.8) is 0 Å². The molecule has 3 nitrogen and oxygen atoms in total. The SMILES string of the molecule is CCC1CCN(CCOC2(C)CNC2)CC1. The topological polar surface area (TPSA) is 24.5 Å². The Morgan fingerprint density at radius 3 is 2.50 bits per heavy atom. The first-order valence-corrected chi connectivity index (χ1v) is 6.79. The number of ether oxygens (including phenoxy) is 1. The molecule has 2 rings (SSSR count). The van der Waals surface area contributed by atoms with Gasteiger partial charge in [-0.15, -0.1) is 0 Å². The maximum Gasteiger partial charge on any atom is 0.0902 e.